The Balaban J connectivity index is 1.98. The van der Waals surface area contributed by atoms with Crippen molar-refractivity contribution in [2.45, 2.75) is 6.42 Å². The minimum atomic E-state index is -0.618. The lowest BCUT2D eigenvalue weighted by molar-refractivity contribution is -0.121. The van der Waals surface area contributed by atoms with Crippen LogP contribution in [0.5, 0.6) is 0 Å². The van der Waals surface area contributed by atoms with E-state index in [4.69, 9.17) is 5.73 Å². The van der Waals surface area contributed by atoms with Crippen molar-refractivity contribution in [1.29, 1.82) is 0 Å². The topological polar surface area (TPSA) is 105 Å². The number of hydrogen-bond donors (Lipinski definition) is 3. The molecule has 0 saturated heterocycles. The lowest BCUT2D eigenvalue weighted by Gasteiger charge is -2.14. The molecule has 120 valence electrons. The van der Waals surface area contributed by atoms with Gasteiger partial charge >= 0.3 is 0 Å². The van der Waals surface area contributed by atoms with Crippen LogP contribution >= 0.6 is 0 Å². The number of aromatic nitrogens is 1. The number of nitrogens with one attached hydrogen (secondary N) is 2. The fraction of sp³-hybridized carbons (Fsp3) is 0.188. The molecule has 1 atom stereocenters. The molecule has 1 aromatic carbocycles. The van der Waals surface area contributed by atoms with Gasteiger partial charge in [-0.3, -0.25) is 14.4 Å². The molecule has 6 nitrogen and oxygen atoms in total. The number of pyridine rings is 1. The number of carbonyl (C=O) groups excluding carboxylic acids is 2. The monoisotopic (exact) mass is 317 g/mol. The summed E-state index contributed by atoms with van der Waals surface area (Å²) in [6.07, 6.45) is 1.58. The molecule has 4 N–H and O–H groups in total. The van der Waals surface area contributed by atoms with Gasteiger partial charge in [0.05, 0.1) is 11.5 Å². The van der Waals surface area contributed by atoms with Gasteiger partial charge in [0.25, 0.3) is 5.91 Å². The third-order valence-corrected chi connectivity index (χ3v) is 3.35. The minimum Gasteiger partial charge on any atom is -0.369 e. The van der Waals surface area contributed by atoms with Crippen LogP contribution in [-0.2, 0) is 11.2 Å². The Bertz CT molecular complexity index is 735. The third-order valence-electron chi connectivity index (χ3n) is 3.35. The molecule has 1 unspecified atom stereocenters. The first-order valence-electron chi connectivity index (χ1n) is 6.96. The number of H-pyrrole nitrogens is 1. The van der Waals surface area contributed by atoms with Gasteiger partial charge in [-0.2, -0.15) is 0 Å². The van der Waals surface area contributed by atoms with Gasteiger partial charge < -0.3 is 16.0 Å². The molecular weight excluding hydrogens is 301 g/mol. The lowest BCUT2D eigenvalue weighted by atomic mass is 9.98. The van der Waals surface area contributed by atoms with E-state index in [9.17, 15) is 18.8 Å². The van der Waals surface area contributed by atoms with Gasteiger partial charge in [0.2, 0.25) is 11.5 Å². The van der Waals surface area contributed by atoms with Crippen LogP contribution in [0.2, 0.25) is 0 Å². The highest BCUT2D eigenvalue weighted by Gasteiger charge is 2.17. The molecule has 0 saturated carbocycles. The van der Waals surface area contributed by atoms with Gasteiger partial charge in [0.1, 0.15) is 5.82 Å². The average molecular weight is 317 g/mol. The Morgan fingerprint density at radius 1 is 1.17 bits per heavy atom. The van der Waals surface area contributed by atoms with Crippen LogP contribution in [0.3, 0.4) is 0 Å². The Hall–Kier alpha value is -2.96. The molecule has 0 fully saturated rings. The molecule has 0 aliphatic heterocycles. The summed E-state index contributed by atoms with van der Waals surface area (Å²) in [6.45, 7) is 0.0463. The fourth-order valence-corrected chi connectivity index (χ4v) is 2.05. The van der Waals surface area contributed by atoms with Gasteiger partial charge in [-0.25, -0.2) is 4.39 Å². The van der Waals surface area contributed by atoms with Crippen LogP contribution in [0.15, 0.2) is 47.4 Å². The summed E-state index contributed by atoms with van der Waals surface area (Å²) >= 11 is 0. The van der Waals surface area contributed by atoms with Crippen LogP contribution in [0, 0.1) is 11.7 Å². The van der Waals surface area contributed by atoms with Crippen molar-refractivity contribution < 1.29 is 14.0 Å². The van der Waals surface area contributed by atoms with Crippen LogP contribution in [0.1, 0.15) is 15.9 Å². The van der Waals surface area contributed by atoms with Crippen molar-refractivity contribution in [3.63, 3.8) is 0 Å². The van der Waals surface area contributed by atoms with Crippen molar-refractivity contribution in [2.75, 3.05) is 6.54 Å². The van der Waals surface area contributed by atoms with Crippen molar-refractivity contribution in [3.8, 4) is 0 Å². The van der Waals surface area contributed by atoms with Crippen LogP contribution in [0.4, 0.5) is 4.39 Å². The molecule has 0 spiro atoms. The first-order chi connectivity index (χ1) is 11.0. The second kappa shape index (κ2) is 7.35. The molecule has 1 aromatic heterocycles. The van der Waals surface area contributed by atoms with Gasteiger partial charge in [-0.15, -0.1) is 0 Å². The predicted octanol–water partition coefficient (Wildman–Crippen LogP) is 0.588. The van der Waals surface area contributed by atoms with Crippen molar-refractivity contribution in [2.24, 2.45) is 11.7 Å². The number of amides is 2. The minimum absolute atomic E-state index is 0.0463. The Morgan fingerprint density at radius 3 is 2.43 bits per heavy atom. The van der Waals surface area contributed by atoms with Crippen molar-refractivity contribution in [1.82, 2.24) is 10.3 Å². The van der Waals surface area contributed by atoms with E-state index in [1.165, 1.54) is 30.5 Å². The van der Waals surface area contributed by atoms with E-state index in [0.29, 0.717) is 6.42 Å². The van der Waals surface area contributed by atoms with Gasteiger partial charge in [0.15, 0.2) is 0 Å². The van der Waals surface area contributed by atoms with Crippen LogP contribution in [-0.4, -0.2) is 23.3 Å². The molecule has 2 aromatic rings. The number of rotatable bonds is 6. The third kappa shape index (κ3) is 4.77. The largest absolute Gasteiger partial charge is 0.369 e. The number of primary amides is 1. The summed E-state index contributed by atoms with van der Waals surface area (Å²) in [5.74, 6) is -1.97. The van der Waals surface area contributed by atoms with Crippen molar-refractivity contribution in [3.05, 3.63) is 69.9 Å². The van der Waals surface area contributed by atoms with Crippen molar-refractivity contribution >= 4 is 11.8 Å². The number of nitrogens with two attached hydrogens (primary N) is 1. The fourth-order valence-electron chi connectivity index (χ4n) is 2.05. The van der Waals surface area contributed by atoms with E-state index in [1.807, 2.05) is 0 Å². The molecule has 0 radical (unpaired) electrons. The number of benzene rings is 1. The second-order valence-corrected chi connectivity index (χ2v) is 5.08. The first kappa shape index (κ1) is 16.4. The number of carbonyl (C=O) groups is 2. The zero-order valence-electron chi connectivity index (χ0n) is 12.2. The van der Waals surface area contributed by atoms with E-state index in [0.717, 1.165) is 5.56 Å². The van der Waals surface area contributed by atoms with Gasteiger partial charge in [-0.05, 0) is 30.2 Å². The molecule has 0 aliphatic rings. The lowest BCUT2D eigenvalue weighted by Crippen LogP contribution is -2.37. The summed E-state index contributed by atoms with van der Waals surface area (Å²) in [5.41, 5.74) is 6.05. The molecule has 0 aliphatic carbocycles. The molecule has 2 rings (SSSR count). The first-order valence-corrected chi connectivity index (χ1v) is 6.96. The summed E-state index contributed by atoms with van der Waals surface area (Å²) < 4.78 is 12.9. The summed E-state index contributed by atoms with van der Waals surface area (Å²) in [7, 11) is 0. The predicted molar refractivity (Wildman–Crippen MR) is 82.2 cm³/mol. The number of aromatic amines is 1. The summed E-state index contributed by atoms with van der Waals surface area (Å²) in [6, 6.07) is 8.34. The standard InChI is InChI=1S/C16H16FN3O3/c17-13-4-1-10(2-5-13)7-12(15(18)22)9-20-16(23)11-3-6-14(21)19-8-11/h1-6,8,12H,7,9H2,(H2,18,22)(H,19,21)(H,20,23). The molecule has 1 heterocycles. The normalized spacial score (nSPS) is 11.7. The highest BCUT2D eigenvalue weighted by molar-refractivity contribution is 5.94. The summed E-state index contributed by atoms with van der Waals surface area (Å²) in [4.78, 5) is 36.8. The highest BCUT2D eigenvalue weighted by Crippen LogP contribution is 2.10. The second-order valence-electron chi connectivity index (χ2n) is 5.08. The number of halogens is 1. The average Bonchev–Trinajstić information content (AvgIpc) is 2.53. The van der Waals surface area contributed by atoms with Gasteiger partial charge in [0, 0.05) is 18.8 Å². The Kier molecular flexibility index (Phi) is 5.24. The Labute approximate surface area is 131 Å². The van der Waals surface area contributed by atoms with E-state index in [-0.39, 0.29) is 23.5 Å². The van der Waals surface area contributed by atoms with E-state index < -0.39 is 17.7 Å². The molecule has 7 heteroatoms. The van der Waals surface area contributed by atoms with E-state index in [1.54, 1.807) is 12.1 Å². The van der Waals surface area contributed by atoms with E-state index >= 15 is 0 Å². The zero-order valence-corrected chi connectivity index (χ0v) is 12.2. The maximum absolute atomic E-state index is 12.9. The molecular formula is C16H16FN3O3. The molecule has 23 heavy (non-hydrogen) atoms. The zero-order chi connectivity index (χ0) is 16.8. The van der Waals surface area contributed by atoms with Gasteiger partial charge in [-0.1, -0.05) is 12.1 Å². The Morgan fingerprint density at radius 2 is 1.87 bits per heavy atom. The van der Waals surface area contributed by atoms with Crippen LogP contribution in [0.25, 0.3) is 0 Å². The quantitative estimate of drug-likeness (QED) is 0.726. The maximum atomic E-state index is 12.9. The highest BCUT2D eigenvalue weighted by atomic mass is 19.1. The maximum Gasteiger partial charge on any atom is 0.252 e. The number of hydrogen-bond acceptors (Lipinski definition) is 3. The van der Waals surface area contributed by atoms with Crippen LogP contribution < -0.4 is 16.6 Å². The summed E-state index contributed by atoms with van der Waals surface area (Å²) in [5, 5.41) is 2.60. The smallest absolute Gasteiger partial charge is 0.252 e. The SMILES string of the molecule is NC(=O)C(CNC(=O)c1ccc(=O)[nH]c1)Cc1ccc(F)cc1. The van der Waals surface area contributed by atoms with E-state index in [2.05, 4.69) is 10.3 Å². The molecule has 2 amide bonds. The molecule has 0 bridgehead atoms.